The van der Waals surface area contributed by atoms with Crippen LogP contribution in [0.3, 0.4) is 0 Å². The summed E-state index contributed by atoms with van der Waals surface area (Å²) in [5, 5.41) is 4.54. The Bertz CT molecular complexity index is 657. The number of hydrogen-bond donors (Lipinski definition) is 1. The van der Waals surface area contributed by atoms with Gasteiger partial charge in [-0.05, 0) is 43.5 Å². The summed E-state index contributed by atoms with van der Waals surface area (Å²) in [6, 6.07) is 9.72. The van der Waals surface area contributed by atoms with E-state index in [0.717, 1.165) is 12.2 Å². The highest BCUT2D eigenvalue weighted by atomic mass is 35.5. The molecule has 1 aliphatic rings. The monoisotopic (exact) mass is 322 g/mol. The number of pyridine rings is 1. The van der Waals surface area contributed by atoms with Crippen LogP contribution in [0.2, 0.25) is 10.0 Å². The van der Waals surface area contributed by atoms with Gasteiger partial charge in [-0.3, -0.25) is 0 Å². The van der Waals surface area contributed by atoms with Crippen molar-refractivity contribution in [1.82, 2.24) is 10.3 Å². The van der Waals surface area contributed by atoms with Crippen LogP contribution in [0.15, 0.2) is 30.3 Å². The molecule has 2 aromatic rings. The van der Waals surface area contributed by atoms with Gasteiger partial charge in [-0.1, -0.05) is 29.3 Å². The minimum absolute atomic E-state index is 0.474. The molecule has 0 aliphatic heterocycles. The Balaban J connectivity index is 1.71. The first-order valence-corrected chi connectivity index (χ1v) is 7.70. The molecule has 0 atom stereocenters. The number of benzene rings is 1. The van der Waals surface area contributed by atoms with Gasteiger partial charge < -0.3 is 10.1 Å². The first-order valence-electron chi connectivity index (χ1n) is 6.94. The van der Waals surface area contributed by atoms with Crippen molar-refractivity contribution in [1.29, 1.82) is 0 Å². The summed E-state index contributed by atoms with van der Waals surface area (Å²) in [6.07, 6.45) is 2.56. The summed E-state index contributed by atoms with van der Waals surface area (Å²) in [5.74, 6) is 1.09. The second-order valence-electron chi connectivity index (χ2n) is 5.23. The molecule has 1 aliphatic carbocycles. The third kappa shape index (κ3) is 3.88. The van der Waals surface area contributed by atoms with E-state index in [9.17, 15) is 0 Å². The highest BCUT2D eigenvalue weighted by Crippen LogP contribution is 2.31. The normalized spacial score (nSPS) is 14.2. The van der Waals surface area contributed by atoms with Crippen molar-refractivity contribution in [2.45, 2.75) is 32.4 Å². The molecule has 3 nitrogen and oxygen atoms in total. The predicted molar refractivity (Wildman–Crippen MR) is 85.4 cm³/mol. The standard InChI is InChI=1S/C16H16Cl2N2O/c1-10-11(9-19-13-4-5-13)2-7-16(20-10)21-15-6-3-12(17)8-14(15)18/h2-3,6-8,13,19H,4-5,9H2,1H3. The van der Waals surface area contributed by atoms with Gasteiger partial charge in [0, 0.05) is 29.4 Å². The summed E-state index contributed by atoms with van der Waals surface area (Å²) in [7, 11) is 0. The topological polar surface area (TPSA) is 34.1 Å². The lowest BCUT2D eigenvalue weighted by Crippen LogP contribution is -2.16. The van der Waals surface area contributed by atoms with Crippen LogP contribution in [0.25, 0.3) is 0 Å². The molecule has 0 saturated heterocycles. The van der Waals surface area contributed by atoms with Gasteiger partial charge in [0.25, 0.3) is 0 Å². The lowest BCUT2D eigenvalue weighted by Gasteiger charge is -2.10. The van der Waals surface area contributed by atoms with Crippen molar-refractivity contribution in [3.05, 3.63) is 51.6 Å². The van der Waals surface area contributed by atoms with E-state index in [1.54, 1.807) is 18.2 Å². The van der Waals surface area contributed by atoms with Crippen molar-refractivity contribution in [3.63, 3.8) is 0 Å². The van der Waals surface area contributed by atoms with E-state index in [2.05, 4.69) is 10.3 Å². The van der Waals surface area contributed by atoms with Crippen LogP contribution in [0.4, 0.5) is 0 Å². The number of nitrogens with zero attached hydrogens (tertiary/aromatic N) is 1. The lowest BCUT2D eigenvalue weighted by atomic mass is 10.2. The van der Waals surface area contributed by atoms with Gasteiger partial charge in [-0.25, -0.2) is 4.98 Å². The van der Waals surface area contributed by atoms with Crippen molar-refractivity contribution in [2.24, 2.45) is 0 Å². The lowest BCUT2D eigenvalue weighted by molar-refractivity contribution is 0.461. The highest BCUT2D eigenvalue weighted by Gasteiger charge is 2.20. The van der Waals surface area contributed by atoms with Gasteiger partial charge in [-0.15, -0.1) is 0 Å². The Morgan fingerprint density at radius 2 is 2.05 bits per heavy atom. The quantitative estimate of drug-likeness (QED) is 0.863. The van der Waals surface area contributed by atoms with Crippen LogP contribution in [0.1, 0.15) is 24.1 Å². The van der Waals surface area contributed by atoms with Crippen molar-refractivity contribution in [3.8, 4) is 11.6 Å². The van der Waals surface area contributed by atoms with Gasteiger partial charge in [0.2, 0.25) is 5.88 Å². The average Bonchev–Trinajstić information content (AvgIpc) is 3.25. The fourth-order valence-corrected chi connectivity index (χ4v) is 2.47. The zero-order valence-electron chi connectivity index (χ0n) is 11.7. The molecular formula is C16H16Cl2N2O. The molecule has 21 heavy (non-hydrogen) atoms. The summed E-state index contributed by atoms with van der Waals surface area (Å²) in [6.45, 7) is 2.84. The Morgan fingerprint density at radius 1 is 1.24 bits per heavy atom. The number of halogens is 2. The molecule has 1 aromatic heterocycles. The maximum atomic E-state index is 6.09. The van der Waals surface area contributed by atoms with Gasteiger partial charge in [-0.2, -0.15) is 0 Å². The maximum Gasteiger partial charge on any atom is 0.219 e. The van der Waals surface area contributed by atoms with E-state index in [1.165, 1.54) is 18.4 Å². The average molecular weight is 323 g/mol. The third-order valence-electron chi connectivity index (χ3n) is 3.44. The second-order valence-corrected chi connectivity index (χ2v) is 6.07. The molecule has 0 radical (unpaired) electrons. The Labute approximate surface area is 134 Å². The molecular weight excluding hydrogens is 307 g/mol. The SMILES string of the molecule is Cc1nc(Oc2ccc(Cl)cc2Cl)ccc1CNC1CC1. The highest BCUT2D eigenvalue weighted by molar-refractivity contribution is 6.35. The van der Waals surface area contributed by atoms with Crippen molar-refractivity contribution in [2.75, 3.05) is 0 Å². The minimum atomic E-state index is 0.474. The molecule has 0 bridgehead atoms. The number of aromatic nitrogens is 1. The molecule has 110 valence electrons. The van der Waals surface area contributed by atoms with Crippen LogP contribution in [0.5, 0.6) is 11.6 Å². The molecule has 0 unspecified atom stereocenters. The number of rotatable bonds is 5. The van der Waals surface area contributed by atoms with Crippen molar-refractivity contribution >= 4 is 23.2 Å². The number of aryl methyl sites for hydroxylation is 1. The maximum absolute atomic E-state index is 6.09. The molecule has 5 heteroatoms. The molecule has 1 aromatic carbocycles. The van der Waals surface area contributed by atoms with Crippen LogP contribution in [-0.2, 0) is 6.54 Å². The Morgan fingerprint density at radius 3 is 2.71 bits per heavy atom. The van der Waals surface area contributed by atoms with Gasteiger partial charge in [0.15, 0.2) is 0 Å². The van der Waals surface area contributed by atoms with Crippen LogP contribution < -0.4 is 10.1 Å². The zero-order valence-corrected chi connectivity index (χ0v) is 13.2. The Hall–Kier alpha value is -1.29. The molecule has 3 rings (SSSR count). The Kier molecular flexibility index (Phi) is 4.34. The van der Waals surface area contributed by atoms with E-state index in [0.29, 0.717) is 27.7 Å². The third-order valence-corrected chi connectivity index (χ3v) is 3.97. The van der Waals surface area contributed by atoms with E-state index >= 15 is 0 Å². The van der Waals surface area contributed by atoms with E-state index < -0.39 is 0 Å². The number of ether oxygens (including phenoxy) is 1. The number of hydrogen-bond acceptors (Lipinski definition) is 3. The molecule has 1 heterocycles. The molecule has 1 fully saturated rings. The molecule has 0 amide bonds. The summed E-state index contributed by atoms with van der Waals surface area (Å²) in [4.78, 5) is 4.48. The number of nitrogens with one attached hydrogen (secondary N) is 1. The second kappa shape index (κ2) is 6.22. The smallest absolute Gasteiger partial charge is 0.219 e. The summed E-state index contributed by atoms with van der Waals surface area (Å²) < 4.78 is 5.72. The zero-order chi connectivity index (χ0) is 14.8. The fraction of sp³-hybridized carbons (Fsp3) is 0.312. The predicted octanol–water partition coefficient (Wildman–Crippen LogP) is 4.74. The first-order chi connectivity index (χ1) is 10.1. The van der Waals surface area contributed by atoms with Gasteiger partial charge in [0.1, 0.15) is 5.75 Å². The summed E-state index contributed by atoms with van der Waals surface area (Å²) >= 11 is 12.0. The van der Waals surface area contributed by atoms with E-state index in [4.69, 9.17) is 27.9 Å². The largest absolute Gasteiger partial charge is 0.437 e. The van der Waals surface area contributed by atoms with Gasteiger partial charge in [0.05, 0.1) is 5.02 Å². The van der Waals surface area contributed by atoms with Gasteiger partial charge >= 0.3 is 0 Å². The van der Waals surface area contributed by atoms with Crippen LogP contribution >= 0.6 is 23.2 Å². The first kappa shape index (κ1) is 14.6. The molecule has 1 N–H and O–H groups in total. The molecule has 0 spiro atoms. The van der Waals surface area contributed by atoms with Crippen LogP contribution in [0, 0.1) is 6.92 Å². The van der Waals surface area contributed by atoms with Crippen molar-refractivity contribution < 1.29 is 4.74 Å². The fourth-order valence-electron chi connectivity index (χ4n) is 2.02. The van der Waals surface area contributed by atoms with E-state index in [-0.39, 0.29) is 0 Å². The minimum Gasteiger partial charge on any atom is -0.437 e. The van der Waals surface area contributed by atoms with Crippen LogP contribution in [-0.4, -0.2) is 11.0 Å². The van der Waals surface area contributed by atoms with E-state index in [1.807, 2.05) is 19.1 Å². The molecule has 1 saturated carbocycles. The summed E-state index contributed by atoms with van der Waals surface area (Å²) in [5.41, 5.74) is 2.15.